The number of aromatic nitrogens is 2. The third-order valence-electron chi connectivity index (χ3n) is 4.58. The van der Waals surface area contributed by atoms with Gasteiger partial charge in [-0.25, -0.2) is 4.98 Å². The van der Waals surface area contributed by atoms with Crippen LogP contribution in [0.2, 0.25) is 0 Å². The lowest BCUT2D eigenvalue weighted by molar-refractivity contribution is -0.136. The van der Waals surface area contributed by atoms with Crippen molar-refractivity contribution in [2.75, 3.05) is 26.2 Å². The van der Waals surface area contributed by atoms with Crippen LogP contribution in [0.25, 0.3) is 0 Å². The van der Waals surface area contributed by atoms with Crippen LogP contribution in [0.1, 0.15) is 38.1 Å². The van der Waals surface area contributed by atoms with Crippen LogP contribution in [0.3, 0.4) is 0 Å². The van der Waals surface area contributed by atoms with Gasteiger partial charge in [0.05, 0.1) is 12.0 Å². The molecular formula is C15H26Cl2N4O. The molecule has 22 heavy (non-hydrogen) atoms. The van der Waals surface area contributed by atoms with Gasteiger partial charge in [-0.3, -0.25) is 4.79 Å². The summed E-state index contributed by atoms with van der Waals surface area (Å²) in [7, 11) is 0. The van der Waals surface area contributed by atoms with E-state index in [0.29, 0.717) is 11.9 Å². The molecule has 3 heterocycles. The number of halogens is 2. The Balaban J connectivity index is 0.00000121. The maximum Gasteiger partial charge on any atom is 0.227 e. The first-order valence-corrected chi connectivity index (χ1v) is 7.80. The molecule has 1 aromatic heterocycles. The number of piperidine rings is 1. The van der Waals surface area contributed by atoms with Gasteiger partial charge in [-0.15, -0.1) is 24.8 Å². The van der Waals surface area contributed by atoms with Crippen molar-refractivity contribution in [1.29, 1.82) is 0 Å². The van der Waals surface area contributed by atoms with Gasteiger partial charge in [0.1, 0.15) is 5.82 Å². The Kier molecular flexibility index (Phi) is 7.66. The highest BCUT2D eigenvalue weighted by Crippen LogP contribution is 2.25. The van der Waals surface area contributed by atoms with Crippen LogP contribution in [-0.4, -0.2) is 46.5 Å². The van der Waals surface area contributed by atoms with Crippen molar-refractivity contribution in [3.63, 3.8) is 0 Å². The van der Waals surface area contributed by atoms with Crippen molar-refractivity contribution < 1.29 is 4.79 Å². The number of nitrogens with zero attached hydrogens (tertiary/aromatic N) is 3. The Labute approximate surface area is 144 Å². The number of carbonyl (C=O) groups is 1. The summed E-state index contributed by atoms with van der Waals surface area (Å²) in [5, 5.41) is 3.29. The molecule has 0 aromatic carbocycles. The molecule has 2 aliphatic rings. The first kappa shape index (κ1) is 19.3. The fourth-order valence-corrected chi connectivity index (χ4v) is 3.46. The molecule has 1 aromatic rings. The largest absolute Gasteiger partial charge is 0.340 e. The Morgan fingerprint density at radius 1 is 1.41 bits per heavy atom. The zero-order valence-corrected chi connectivity index (χ0v) is 14.7. The van der Waals surface area contributed by atoms with Crippen molar-refractivity contribution in [3.8, 4) is 0 Å². The number of hydrogen-bond acceptors (Lipinski definition) is 3. The van der Waals surface area contributed by atoms with Crippen LogP contribution in [0.5, 0.6) is 0 Å². The van der Waals surface area contributed by atoms with E-state index in [2.05, 4.69) is 32.9 Å². The van der Waals surface area contributed by atoms with Gasteiger partial charge in [0.15, 0.2) is 0 Å². The monoisotopic (exact) mass is 348 g/mol. The highest BCUT2D eigenvalue weighted by atomic mass is 35.5. The summed E-state index contributed by atoms with van der Waals surface area (Å²) in [6.07, 6.45) is 8.12. The second-order valence-corrected chi connectivity index (χ2v) is 5.87. The maximum atomic E-state index is 12.5. The second kappa shape index (κ2) is 8.75. The maximum absolute atomic E-state index is 12.5. The molecular weight excluding hydrogens is 323 g/mol. The van der Waals surface area contributed by atoms with E-state index in [4.69, 9.17) is 0 Å². The van der Waals surface area contributed by atoms with Crippen molar-refractivity contribution in [2.45, 2.75) is 38.6 Å². The Morgan fingerprint density at radius 2 is 2.23 bits per heavy atom. The lowest BCUT2D eigenvalue weighted by atomic mass is 10.0. The molecule has 2 saturated heterocycles. The molecule has 2 fully saturated rings. The SMILES string of the molecule is CCc1nccn1C1CCCN(C(=O)C2CCNC2)C1.Cl.Cl. The van der Waals surface area contributed by atoms with Gasteiger partial charge in [-0.1, -0.05) is 6.92 Å². The van der Waals surface area contributed by atoms with Gasteiger partial charge in [-0.05, 0) is 25.8 Å². The summed E-state index contributed by atoms with van der Waals surface area (Å²) in [5.41, 5.74) is 0. The number of amides is 1. The quantitative estimate of drug-likeness (QED) is 0.909. The fourth-order valence-electron chi connectivity index (χ4n) is 3.46. The first-order valence-electron chi connectivity index (χ1n) is 7.80. The molecule has 2 unspecified atom stereocenters. The Hall–Kier alpha value is -0.780. The molecule has 0 bridgehead atoms. The van der Waals surface area contributed by atoms with Crippen molar-refractivity contribution >= 4 is 30.7 Å². The third-order valence-corrected chi connectivity index (χ3v) is 4.58. The molecule has 0 radical (unpaired) electrons. The molecule has 3 rings (SSSR count). The predicted molar refractivity (Wildman–Crippen MR) is 91.9 cm³/mol. The predicted octanol–water partition coefficient (Wildman–Crippen LogP) is 2.06. The van der Waals surface area contributed by atoms with E-state index in [1.165, 1.54) is 0 Å². The number of hydrogen-bond donors (Lipinski definition) is 1. The summed E-state index contributed by atoms with van der Waals surface area (Å²) < 4.78 is 2.27. The summed E-state index contributed by atoms with van der Waals surface area (Å²) in [6.45, 7) is 5.73. The number of aryl methyl sites for hydroxylation is 1. The van der Waals surface area contributed by atoms with Crippen molar-refractivity contribution in [3.05, 3.63) is 18.2 Å². The average Bonchev–Trinajstić information content (AvgIpc) is 3.17. The van der Waals surface area contributed by atoms with Gasteiger partial charge >= 0.3 is 0 Å². The van der Waals surface area contributed by atoms with E-state index in [0.717, 1.165) is 57.7 Å². The van der Waals surface area contributed by atoms with E-state index in [1.807, 2.05) is 6.20 Å². The van der Waals surface area contributed by atoms with Crippen LogP contribution in [-0.2, 0) is 11.2 Å². The van der Waals surface area contributed by atoms with Crippen molar-refractivity contribution in [2.24, 2.45) is 5.92 Å². The molecule has 5 nitrogen and oxygen atoms in total. The zero-order chi connectivity index (χ0) is 13.9. The van der Waals surface area contributed by atoms with Gasteiger partial charge in [0, 0.05) is 38.4 Å². The average molecular weight is 349 g/mol. The van der Waals surface area contributed by atoms with E-state index in [1.54, 1.807) is 0 Å². The van der Waals surface area contributed by atoms with Crippen LogP contribution in [0.15, 0.2) is 12.4 Å². The van der Waals surface area contributed by atoms with Crippen molar-refractivity contribution in [1.82, 2.24) is 19.8 Å². The smallest absolute Gasteiger partial charge is 0.227 e. The minimum Gasteiger partial charge on any atom is -0.340 e. The van der Waals surface area contributed by atoms with E-state index >= 15 is 0 Å². The Bertz CT molecular complexity index is 474. The first-order chi connectivity index (χ1) is 9.79. The van der Waals surface area contributed by atoms with Gasteiger partial charge in [0.2, 0.25) is 5.91 Å². The van der Waals surface area contributed by atoms with E-state index < -0.39 is 0 Å². The zero-order valence-electron chi connectivity index (χ0n) is 13.0. The lowest BCUT2D eigenvalue weighted by Gasteiger charge is -2.35. The summed E-state index contributed by atoms with van der Waals surface area (Å²) in [4.78, 5) is 19.0. The van der Waals surface area contributed by atoms with E-state index in [9.17, 15) is 4.79 Å². The third kappa shape index (κ3) is 3.94. The highest BCUT2D eigenvalue weighted by Gasteiger charge is 2.31. The topological polar surface area (TPSA) is 50.2 Å². The number of rotatable bonds is 3. The second-order valence-electron chi connectivity index (χ2n) is 5.87. The lowest BCUT2D eigenvalue weighted by Crippen LogP contribution is -2.44. The molecule has 0 saturated carbocycles. The number of likely N-dealkylation sites (tertiary alicyclic amines) is 1. The fraction of sp³-hybridized carbons (Fsp3) is 0.733. The van der Waals surface area contributed by atoms with Gasteiger partial charge in [0.25, 0.3) is 0 Å². The summed E-state index contributed by atoms with van der Waals surface area (Å²) in [5.74, 6) is 1.67. The van der Waals surface area contributed by atoms with E-state index in [-0.39, 0.29) is 30.7 Å². The number of imidazole rings is 1. The molecule has 1 N–H and O–H groups in total. The van der Waals surface area contributed by atoms with Gasteiger partial charge in [-0.2, -0.15) is 0 Å². The van der Waals surface area contributed by atoms with Crippen LogP contribution < -0.4 is 5.32 Å². The van der Waals surface area contributed by atoms with Crippen LogP contribution >= 0.6 is 24.8 Å². The van der Waals surface area contributed by atoms with Crippen LogP contribution in [0, 0.1) is 5.92 Å². The minimum absolute atomic E-state index is 0. The van der Waals surface area contributed by atoms with Crippen LogP contribution in [0.4, 0.5) is 0 Å². The number of carbonyl (C=O) groups excluding carboxylic acids is 1. The van der Waals surface area contributed by atoms with Gasteiger partial charge < -0.3 is 14.8 Å². The number of nitrogens with one attached hydrogen (secondary N) is 1. The molecule has 126 valence electrons. The normalized spacial score (nSPS) is 24.5. The standard InChI is InChI=1S/C15H24N4O.2ClH/c1-2-14-17-7-9-19(14)13-4-3-8-18(11-13)15(20)12-5-6-16-10-12;;/h7,9,12-13,16H,2-6,8,10-11H2,1H3;2*1H. The molecule has 1 amide bonds. The molecule has 0 spiro atoms. The Morgan fingerprint density at radius 3 is 2.91 bits per heavy atom. The summed E-state index contributed by atoms with van der Waals surface area (Å²) >= 11 is 0. The molecule has 0 aliphatic carbocycles. The summed E-state index contributed by atoms with van der Waals surface area (Å²) in [6, 6.07) is 0.402. The molecule has 2 atom stereocenters. The minimum atomic E-state index is 0. The highest BCUT2D eigenvalue weighted by molar-refractivity contribution is 5.85. The molecule has 2 aliphatic heterocycles. The molecule has 7 heteroatoms.